The van der Waals surface area contributed by atoms with Crippen LogP contribution in [-0.4, -0.2) is 34.0 Å². The van der Waals surface area contributed by atoms with Crippen molar-refractivity contribution in [2.75, 3.05) is 0 Å². The first kappa shape index (κ1) is 19.5. The molecule has 4 aromatic rings. The van der Waals surface area contributed by atoms with Gasteiger partial charge in [-0.1, -0.05) is 36.3 Å². The number of para-hydroxylation sites is 1. The summed E-state index contributed by atoms with van der Waals surface area (Å²) in [5.74, 6) is 0.233. The summed E-state index contributed by atoms with van der Waals surface area (Å²) in [6.07, 6.45) is 2.55. The maximum atomic E-state index is 13.7. The van der Waals surface area contributed by atoms with Crippen LogP contribution in [0.4, 0.5) is 0 Å². The van der Waals surface area contributed by atoms with Gasteiger partial charge in [-0.15, -0.1) is 5.10 Å². The summed E-state index contributed by atoms with van der Waals surface area (Å²) in [5, 5.41) is 29.5. The zero-order chi connectivity index (χ0) is 22.7. The van der Waals surface area contributed by atoms with E-state index in [4.69, 9.17) is 5.26 Å². The van der Waals surface area contributed by atoms with E-state index >= 15 is 0 Å². The number of aromatic nitrogens is 6. The van der Waals surface area contributed by atoms with E-state index in [-0.39, 0.29) is 11.5 Å². The Morgan fingerprint density at radius 3 is 2.48 bits per heavy atom. The highest BCUT2D eigenvalue weighted by atomic mass is 16.3. The van der Waals surface area contributed by atoms with Crippen molar-refractivity contribution in [2.45, 2.75) is 37.3 Å². The fourth-order valence-corrected chi connectivity index (χ4v) is 5.06. The standard InChI is InChI=1S/C23H19N7O3/c24-14-15-9-11-17(12-10-15)28-20-19(25-26-28)23(33)13-5-4-8-18(23)29-21(31)27(22(32)30(20)29)16-6-2-1-3-7-16/h1-3,6-7,9-12,18,33H,4-5,8,13H2. The van der Waals surface area contributed by atoms with E-state index in [0.717, 1.165) is 17.4 Å². The zero-order valence-corrected chi connectivity index (χ0v) is 17.5. The Morgan fingerprint density at radius 1 is 1.00 bits per heavy atom. The number of hydrogen-bond acceptors (Lipinski definition) is 6. The van der Waals surface area contributed by atoms with E-state index in [1.165, 1.54) is 14.0 Å². The second-order valence-corrected chi connectivity index (χ2v) is 8.41. The summed E-state index contributed by atoms with van der Waals surface area (Å²) in [6.45, 7) is 0. The van der Waals surface area contributed by atoms with E-state index in [1.54, 1.807) is 48.5 Å². The van der Waals surface area contributed by atoms with Crippen molar-refractivity contribution in [3.8, 4) is 23.3 Å². The van der Waals surface area contributed by atoms with Crippen molar-refractivity contribution >= 4 is 0 Å². The Kier molecular flexibility index (Phi) is 4.06. The van der Waals surface area contributed by atoms with Crippen LogP contribution >= 0.6 is 0 Å². The average molecular weight is 441 g/mol. The first-order chi connectivity index (χ1) is 16.0. The fraction of sp³-hybridized carbons (Fsp3) is 0.261. The Hall–Kier alpha value is -4.23. The first-order valence-electron chi connectivity index (χ1n) is 10.8. The van der Waals surface area contributed by atoms with Gasteiger partial charge in [0.15, 0.2) is 5.82 Å². The molecule has 0 saturated heterocycles. The van der Waals surface area contributed by atoms with Gasteiger partial charge in [0.2, 0.25) is 0 Å². The SMILES string of the molecule is N#Cc1ccc(-n2nnc3c2-n2c(=O)n(-c4ccccc4)c(=O)n2C2CCCCC32O)cc1. The second-order valence-electron chi connectivity index (χ2n) is 8.41. The molecule has 33 heavy (non-hydrogen) atoms. The molecule has 2 aromatic carbocycles. The van der Waals surface area contributed by atoms with Crippen molar-refractivity contribution in [1.29, 1.82) is 5.26 Å². The maximum Gasteiger partial charge on any atom is 0.358 e. The molecule has 0 amide bonds. The van der Waals surface area contributed by atoms with Gasteiger partial charge < -0.3 is 5.11 Å². The van der Waals surface area contributed by atoms with Crippen molar-refractivity contribution < 1.29 is 5.11 Å². The molecule has 1 aliphatic heterocycles. The Bertz CT molecular complexity index is 1540. The molecule has 3 heterocycles. The highest BCUT2D eigenvalue weighted by Crippen LogP contribution is 2.47. The zero-order valence-electron chi connectivity index (χ0n) is 17.5. The van der Waals surface area contributed by atoms with Gasteiger partial charge in [0.1, 0.15) is 11.3 Å². The van der Waals surface area contributed by atoms with Gasteiger partial charge in [0.25, 0.3) is 0 Å². The Morgan fingerprint density at radius 2 is 1.76 bits per heavy atom. The van der Waals surface area contributed by atoms with E-state index in [2.05, 4.69) is 16.4 Å². The smallest absolute Gasteiger partial charge is 0.358 e. The largest absolute Gasteiger partial charge is 0.381 e. The summed E-state index contributed by atoms with van der Waals surface area (Å²) in [5.41, 5.74) is -0.740. The van der Waals surface area contributed by atoms with Crippen LogP contribution in [0, 0.1) is 11.3 Å². The van der Waals surface area contributed by atoms with Crippen LogP contribution in [0.2, 0.25) is 0 Å². The number of rotatable bonds is 2. The molecule has 2 aliphatic rings. The average Bonchev–Trinajstić information content (AvgIpc) is 3.39. The van der Waals surface area contributed by atoms with Crippen LogP contribution in [0.5, 0.6) is 0 Å². The number of nitriles is 1. The Balaban J connectivity index is 1.69. The van der Waals surface area contributed by atoms with Crippen molar-refractivity contribution in [1.82, 2.24) is 28.9 Å². The predicted molar refractivity (Wildman–Crippen MR) is 117 cm³/mol. The van der Waals surface area contributed by atoms with E-state index in [0.29, 0.717) is 29.8 Å². The van der Waals surface area contributed by atoms with Crippen molar-refractivity contribution in [3.05, 3.63) is 86.8 Å². The second kappa shape index (κ2) is 6.88. The first-order valence-corrected chi connectivity index (χ1v) is 10.8. The molecule has 2 unspecified atom stereocenters. The number of fused-ring (bicyclic) bond motifs is 6. The molecular formula is C23H19N7O3. The molecule has 10 heteroatoms. The van der Waals surface area contributed by atoms with Crippen molar-refractivity contribution in [2.24, 2.45) is 0 Å². The minimum atomic E-state index is -1.42. The van der Waals surface area contributed by atoms with Crippen LogP contribution in [0.15, 0.2) is 64.2 Å². The van der Waals surface area contributed by atoms with E-state index < -0.39 is 23.0 Å². The lowest BCUT2D eigenvalue weighted by atomic mass is 9.77. The molecule has 10 nitrogen and oxygen atoms in total. The molecule has 0 bridgehead atoms. The lowest BCUT2D eigenvalue weighted by molar-refractivity contribution is -0.0658. The third-order valence-corrected chi connectivity index (χ3v) is 6.62. The molecule has 1 N–H and O–H groups in total. The summed E-state index contributed by atoms with van der Waals surface area (Å²) in [4.78, 5) is 27.3. The minimum absolute atomic E-state index is 0.233. The maximum absolute atomic E-state index is 13.7. The highest BCUT2D eigenvalue weighted by molar-refractivity contribution is 5.46. The molecule has 0 spiro atoms. The van der Waals surface area contributed by atoms with Gasteiger partial charge in [-0.05, 0) is 49.2 Å². The summed E-state index contributed by atoms with van der Waals surface area (Å²) in [7, 11) is 0. The minimum Gasteiger partial charge on any atom is -0.381 e. The van der Waals surface area contributed by atoms with Gasteiger partial charge in [-0.3, -0.25) is 0 Å². The predicted octanol–water partition coefficient (Wildman–Crippen LogP) is 1.56. The summed E-state index contributed by atoms with van der Waals surface area (Å²) >= 11 is 0. The highest BCUT2D eigenvalue weighted by Gasteiger charge is 2.52. The molecular weight excluding hydrogens is 422 g/mol. The lowest BCUT2D eigenvalue weighted by Gasteiger charge is -2.42. The lowest BCUT2D eigenvalue weighted by Crippen LogP contribution is -2.50. The number of benzene rings is 2. The fourth-order valence-electron chi connectivity index (χ4n) is 5.06. The van der Waals surface area contributed by atoms with Gasteiger partial charge in [-0.2, -0.15) is 14.6 Å². The molecule has 164 valence electrons. The van der Waals surface area contributed by atoms with Crippen LogP contribution in [0.1, 0.15) is 43.0 Å². The molecule has 2 atom stereocenters. The van der Waals surface area contributed by atoms with E-state index in [1.807, 2.05) is 6.07 Å². The van der Waals surface area contributed by atoms with Crippen LogP contribution in [-0.2, 0) is 5.60 Å². The number of hydrogen-bond donors (Lipinski definition) is 1. The number of nitrogens with zero attached hydrogens (tertiary/aromatic N) is 7. The molecule has 2 aromatic heterocycles. The van der Waals surface area contributed by atoms with Gasteiger partial charge >= 0.3 is 11.4 Å². The summed E-state index contributed by atoms with van der Waals surface area (Å²) in [6, 6.07) is 16.8. The molecule has 1 saturated carbocycles. The molecule has 1 fully saturated rings. The summed E-state index contributed by atoms with van der Waals surface area (Å²) < 4.78 is 5.19. The topological polar surface area (TPSA) is 124 Å². The van der Waals surface area contributed by atoms with Crippen molar-refractivity contribution in [3.63, 3.8) is 0 Å². The normalized spacial score (nSPS) is 21.0. The van der Waals surface area contributed by atoms with Gasteiger partial charge in [0.05, 0.1) is 29.0 Å². The molecule has 0 radical (unpaired) electrons. The third-order valence-electron chi connectivity index (χ3n) is 6.62. The van der Waals surface area contributed by atoms with Gasteiger partial charge in [0, 0.05) is 0 Å². The Labute approximate surface area is 187 Å². The van der Waals surface area contributed by atoms with Crippen LogP contribution < -0.4 is 11.4 Å². The quantitative estimate of drug-likeness (QED) is 0.504. The monoisotopic (exact) mass is 441 g/mol. The third kappa shape index (κ3) is 2.57. The molecule has 6 rings (SSSR count). The van der Waals surface area contributed by atoms with E-state index in [9.17, 15) is 14.7 Å². The molecule has 1 aliphatic carbocycles. The van der Waals surface area contributed by atoms with Crippen LogP contribution in [0.3, 0.4) is 0 Å². The van der Waals surface area contributed by atoms with Gasteiger partial charge in [-0.25, -0.2) is 18.8 Å². The number of aliphatic hydroxyl groups is 1. The van der Waals surface area contributed by atoms with Crippen LogP contribution in [0.25, 0.3) is 17.2 Å².